The van der Waals surface area contributed by atoms with Crippen molar-refractivity contribution in [2.45, 2.75) is 110 Å². The maximum atomic E-state index is 11.6. The third-order valence-electron chi connectivity index (χ3n) is 6.59. The number of aliphatic hydroxyl groups excluding tert-OH is 3. The van der Waals surface area contributed by atoms with E-state index in [0.717, 1.165) is 51.4 Å². The van der Waals surface area contributed by atoms with Crippen LogP contribution in [0.15, 0.2) is 12.2 Å². The molecular formula is C25H44O6. The van der Waals surface area contributed by atoms with Gasteiger partial charge in [0.1, 0.15) is 6.61 Å². The van der Waals surface area contributed by atoms with Gasteiger partial charge in [0.15, 0.2) is 5.78 Å². The summed E-state index contributed by atoms with van der Waals surface area (Å²) < 4.78 is 4.70. The van der Waals surface area contributed by atoms with Gasteiger partial charge in [0.2, 0.25) is 0 Å². The van der Waals surface area contributed by atoms with Crippen LogP contribution in [0.5, 0.6) is 0 Å². The maximum absolute atomic E-state index is 11.6. The average molecular weight is 441 g/mol. The van der Waals surface area contributed by atoms with Gasteiger partial charge in [-0.15, -0.1) is 0 Å². The minimum atomic E-state index is -0.582. The van der Waals surface area contributed by atoms with Crippen LogP contribution < -0.4 is 0 Å². The molecule has 1 fully saturated rings. The molecular weight excluding hydrogens is 396 g/mol. The Balaban J connectivity index is 2.43. The summed E-state index contributed by atoms with van der Waals surface area (Å²) in [5.74, 6) is -0.652. The first-order valence-electron chi connectivity index (χ1n) is 12.0. The largest absolute Gasteiger partial charge is 0.458 e. The summed E-state index contributed by atoms with van der Waals surface area (Å²) in [5, 5.41) is 31.4. The van der Waals surface area contributed by atoms with Crippen molar-refractivity contribution in [1.29, 1.82) is 0 Å². The highest BCUT2D eigenvalue weighted by atomic mass is 16.5. The summed E-state index contributed by atoms with van der Waals surface area (Å²) in [6.45, 7) is 7.41. The lowest BCUT2D eigenvalue weighted by molar-refractivity contribution is -0.145. The second-order valence-electron chi connectivity index (χ2n) is 9.81. The average Bonchev–Trinajstić information content (AvgIpc) is 2.97. The molecule has 0 bridgehead atoms. The molecule has 0 aromatic carbocycles. The van der Waals surface area contributed by atoms with E-state index < -0.39 is 24.3 Å². The number of unbranched alkanes of at least 4 members (excludes halogenated alkanes) is 4. The molecule has 5 atom stereocenters. The number of ketones is 1. The highest BCUT2D eigenvalue weighted by Gasteiger charge is 2.40. The van der Waals surface area contributed by atoms with Gasteiger partial charge in [-0.3, -0.25) is 9.59 Å². The van der Waals surface area contributed by atoms with Gasteiger partial charge in [0.25, 0.3) is 0 Å². The number of aliphatic hydroxyl groups is 3. The summed E-state index contributed by atoms with van der Waals surface area (Å²) in [7, 11) is 0. The molecule has 0 amide bonds. The lowest BCUT2D eigenvalue weighted by atomic mass is 9.80. The molecule has 6 nitrogen and oxygen atoms in total. The van der Waals surface area contributed by atoms with Crippen molar-refractivity contribution in [3.05, 3.63) is 12.2 Å². The zero-order valence-electron chi connectivity index (χ0n) is 19.9. The Bertz CT molecular complexity index is 570. The molecule has 3 N–H and O–H groups in total. The number of hydrogen-bond donors (Lipinski definition) is 3. The quantitative estimate of drug-likeness (QED) is 0.202. The number of esters is 1. The lowest BCUT2D eigenvalue weighted by Gasteiger charge is -2.29. The summed E-state index contributed by atoms with van der Waals surface area (Å²) in [6, 6.07) is 0. The van der Waals surface area contributed by atoms with Crippen molar-refractivity contribution < 1.29 is 29.6 Å². The highest BCUT2D eigenvalue weighted by Crippen LogP contribution is 2.38. The zero-order chi connectivity index (χ0) is 23.4. The number of rotatable bonds is 15. The predicted octanol–water partition coefficient (Wildman–Crippen LogP) is 3.95. The van der Waals surface area contributed by atoms with Gasteiger partial charge in [0.05, 0.1) is 18.3 Å². The van der Waals surface area contributed by atoms with E-state index in [2.05, 4.69) is 20.8 Å². The fourth-order valence-electron chi connectivity index (χ4n) is 4.36. The molecule has 0 heterocycles. The summed E-state index contributed by atoms with van der Waals surface area (Å²) in [6.07, 6.45) is 10.3. The van der Waals surface area contributed by atoms with E-state index in [1.54, 1.807) is 0 Å². The molecule has 0 aromatic heterocycles. The highest BCUT2D eigenvalue weighted by molar-refractivity contribution is 5.81. The zero-order valence-corrected chi connectivity index (χ0v) is 19.9. The van der Waals surface area contributed by atoms with E-state index in [9.17, 15) is 24.9 Å². The van der Waals surface area contributed by atoms with Crippen molar-refractivity contribution in [1.82, 2.24) is 0 Å². The molecule has 1 aliphatic carbocycles. The van der Waals surface area contributed by atoms with E-state index in [1.165, 1.54) is 6.92 Å². The van der Waals surface area contributed by atoms with Crippen molar-refractivity contribution in [2.24, 2.45) is 17.3 Å². The molecule has 1 rings (SSSR count). The first kappa shape index (κ1) is 27.8. The normalized spacial score (nSPS) is 25.1. The molecule has 1 aliphatic rings. The first-order valence-corrected chi connectivity index (χ1v) is 12.0. The van der Waals surface area contributed by atoms with Crippen LogP contribution in [0.3, 0.4) is 0 Å². The van der Waals surface area contributed by atoms with E-state index >= 15 is 0 Å². The maximum Gasteiger partial charge on any atom is 0.303 e. The van der Waals surface area contributed by atoms with Gasteiger partial charge in [-0.05, 0) is 30.6 Å². The molecule has 0 aromatic rings. The van der Waals surface area contributed by atoms with Crippen molar-refractivity contribution >= 4 is 11.8 Å². The smallest absolute Gasteiger partial charge is 0.303 e. The Kier molecular flexibility index (Phi) is 12.6. The number of ether oxygens (including phenoxy) is 1. The van der Waals surface area contributed by atoms with Crippen LogP contribution in [0.25, 0.3) is 0 Å². The van der Waals surface area contributed by atoms with Crippen LogP contribution >= 0.6 is 0 Å². The van der Waals surface area contributed by atoms with Crippen molar-refractivity contribution in [3.8, 4) is 0 Å². The van der Waals surface area contributed by atoms with E-state index in [4.69, 9.17) is 4.74 Å². The van der Waals surface area contributed by atoms with Crippen molar-refractivity contribution in [3.63, 3.8) is 0 Å². The molecule has 31 heavy (non-hydrogen) atoms. The summed E-state index contributed by atoms with van der Waals surface area (Å²) in [5.41, 5.74) is -0.211. The molecule has 1 unspecified atom stereocenters. The molecule has 0 saturated heterocycles. The molecule has 6 heteroatoms. The van der Waals surface area contributed by atoms with Crippen LogP contribution in [0, 0.1) is 17.3 Å². The Hall–Kier alpha value is -1.24. The third-order valence-corrected chi connectivity index (χ3v) is 6.59. The lowest BCUT2D eigenvalue weighted by Crippen LogP contribution is -2.28. The van der Waals surface area contributed by atoms with Gasteiger partial charge < -0.3 is 20.1 Å². The number of hydrogen-bond acceptors (Lipinski definition) is 6. The van der Waals surface area contributed by atoms with Crippen LogP contribution in [-0.4, -0.2) is 52.0 Å². The molecule has 0 aliphatic heterocycles. The standard InChI is InChI=1S/C25H44O6/c1-5-6-15-25(3,4)24(30)14-13-21-20(22(28)16-23(21)29)12-10-8-7-9-11-19(27)17-31-18(2)26/h13-14,20-24,28-30H,5-12,15-17H2,1-4H3/b14-13+/t20-,21-,22+,23-,24?/m1/s1. The number of carbonyl (C=O) groups excluding carboxylic acids is 2. The summed E-state index contributed by atoms with van der Waals surface area (Å²) >= 11 is 0. The van der Waals surface area contributed by atoms with Gasteiger partial charge in [-0.2, -0.15) is 0 Å². The Morgan fingerprint density at radius 2 is 1.77 bits per heavy atom. The van der Waals surface area contributed by atoms with E-state index in [-0.39, 0.29) is 29.6 Å². The first-order chi connectivity index (χ1) is 14.6. The number of Topliss-reactive ketones (excluding diaryl/α,β-unsaturated/α-hetero) is 1. The van der Waals surface area contributed by atoms with Crippen LogP contribution in [0.4, 0.5) is 0 Å². The van der Waals surface area contributed by atoms with Crippen LogP contribution in [0.1, 0.15) is 91.9 Å². The monoisotopic (exact) mass is 440 g/mol. The van der Waals surface area contributed by atoms with E-state index in [1.807, 2.05) is 12.2 Å². The van der Waals surface area contributed by atoms with Gasteiger partial charge in [-0.25, -0.2) is 0 Å². The molecule has 1 saturated carbocycles. The van der Waals surface area contributed by atoms with Crippen LogP contribution in [0.2, 0.25) is 0 Å². The molecule has 0 radical (unpaired) electrons. The topological polar surface area (TPSA) is 104 Å². The Morgan fingerprint density at radius 1 is 1.10 bits per heavy atom. The minimum Gasteiger partial charge on any atom is -0.458 e. The van der Waals surface area contributed by atoms with Crippen molar-refractivity contribution in [2.75, 3.05) is 6.61 Å². The second kappa shape index (κ2) is 14.0. The van der Waals surface area contributed by atoms with Gasteiger partial charge in [-0.1, -0.05) is 65.0 Å². The predicted molar refractivity (Wildman–Crippen MR) is 121 cm³/mol. The third kappa shape index (κ3) is 10.3. The number of carbonyl (C=O) groups is 2. The second-order valence-corrected chi connectivity index (χ2v) is 9.81. The SMILES string of the molecule is CCCCC(C)(C)C(O)/C=C/[C@@H]1[C@@H](CCCCCCC(=O)COC(C)=O)[C@@H](O)C[C@H]1O. The van der Waals surface area contributed by atoms with Crippen LogP contribution in [-0.2, 0) is 14.3 Å². The Morgan fingerprint density at radius 3 is 2.42 bits per heavy atom. The molecule has 0 spiro atoms. The van der Waals surface area contributed by atoms with Gasteiger partial charge >= 0.3 is 5.97 Å². The minimum absolute atomic E-state index is 0.0113. The Labute approximate surface area is 188 Å². The fraction of sp³-hybridized carbons (Fsp3) is 0.840. The summed E-state index contributed by atoms with van der Waals surface area (Å²) in [4.78, 5) is 22.3. The van der Waals surface area contributed by atoms with E-state index in [0.29, 0.717) is 12.8 Å². The fourth-order valence-corrected chi connectivity index (χ4v) is 4.36. The molecule has 180 valence electrons. The van der Waals surface area contributed by atoms with Gasteiger partial charge in [0, 0.05) is 25.7 Å².